The van der Waals surface area contributed by atoms with Gasteiger partial charge in [0.1, 0.15) is 72.5 Å². The molecular weight excluding hydrogens is 2230 g/mol. The van der Waals surface area contributed by atoms with E-state index < -0.39 is 241 Å². The molecule has 0 spiro atoms. The minimum atomic E-state index is -4.63. The molecule has 5 aromatic rings. The highest BCUT2D eigenvalue weighted by atomic mass is 127. The molecule has 0 aliphatic carbocycles. The maximum absolute atomic E-state index is 15.9. The van der Waals surface area contributed by atoms with Crippen LogP contribution in [-0.2, 0) is 104 Å². The number of alkyl halides is 7. The molecule has 44 nitrogen and oxygen atoms in total. The third-order valence-corrected chi connectivity index (χ3v) is 29.6. The van der Waals surface area contributed by atoms with Crippen LogP contribution in [0.3, 0.4) is 0 Å². The van der Waals surface area contributed by atoms with Gasteiger partial charge in [0.15, 0.2) is 76.9 Å². The molecule has 11 N–H and O–H groups in total. The van der Waals surface area contributed by atoms with Gasteiger partial charge in [0.2, 0.25) is 53.3 Å². The van der Waals surface area contributed by atoms with Crippen molar-refractivity contribution in [2.24, 2.45) is 11.8 Å². The summed E-state index contributed by atoms with van der Waals surface area (Å²) in [6.07, 6.45) is -6.79. The number of fused-ring (bicyclic) bond motifs is 1. The van der Waals surface area contributed by atoms with Gasteiger partial charge in [0.25, 0.3) is 17.3 Å². The second-order valence-electron chi connectivity index (χ2n) is 37.2. The van der Waals surface area contributed by atoms with Gasteiger partial charge in [-0.2, -0.15) is 5.09 Å². The molecule has 16 rings (SSSR count). The molecule has 149 heavy (non-hydrogen) atoms. The third kappa shape index (κ3) is 25.2. The lowest BCUT2D eigenvalue weighted by atomic mass is 9.84. The number of esters is 3. The summed E-state index contributed by atoms with van der Waals surface area (Å²) in [5.41, 5.74) is -9.80. The second kappa shape index (κ2) is 46.5. The SMILES string of the molecule is C=C1O[C@@H](N2C=CC(=O)CC2=O)[C@](C)(O)[C@@H]1O.CC(C)OC(=O)[C@H](C)NP(=O)(OC[C@@]1(F)O[C@@H](n2ccc(=O)[nH]c2=O)[C@H](O)[C@@H]1O)Oc1cccc2ccccc12.CC[C@@]1(F)O[C@@H](N2C=CC(=O)CC2=O)[C@](C)(OC(=O)c2ccccc2)[C@@H]1C.C[C@H]1[C@@](C)(OC(=O)c2ccccc2)[C@H](N2C=CC(=O)CC2=O)O[C@]1(F)CI.C[C@]1(O)[C@H](N2C=CC(=O)CC2=O)O[C@](F)(CI)[C@H]1O.C[C@]1(O)[C@H](N2C=CC(=O)CC2=O)O[C@](F)(CO)[C@H]1O. The van der Waals surface area contributed by atoms with Crippen molar-refractivity contribution in [1.29, 1.82) is 0 Å². The van der Waals surface area contributed by atoms with E-state index in [-0.39, 0.29) is 75.6 Å². The first kappa shape index (κ1) is 118. The highest BCUT2D eigenvalue weighted by molar-refractivity contribution is 14.1. The number of H-pyrrole nitrogens is 1. The Hall–Kier alpha value is -11.3. The molecule has 5 amide bonds. The summed E-state index contributed by atoms with van der Waals surface area (Å²) in [6, 6.07) is 28.2. The Morgan fingerprint density at radius 1 is 0.517 bits per heavy atom. The van der Waals surface area contributed by atoms with E-state index in [1.54, 1.807) is 168 Å². The number of amides is 5. The average molecular weight is 2340 g/mol. The number of nitrogens with one attached hydrogen (secondary N) is 2. The number of halogens is 7. The van der Waals surface area contributed by atoms with Crippen LogP contribution in [0.5, 0.6) is 5.75 Å². The monoisotopic (exact) mass is 2340 g/mol. The van der Waals surface area contributed by atoms with Gasteiger partial charge in [0, 0.05) is 55.1 Å². The van der Waals surface area contributed by atoms with Crippen LogP contribution in [0.25, 0.3) is 10.8 Å². The van der Waals surface area contributed by atoms with E-state index >= 15 is 13.2 Å². The molecule has 0 bridgehead atoms. The quantitative estimate of drug-likeness (QED) is 0.00750. The zero-order chi connectivity index (χ0) is 111. The van der Waals surface area contributed by atoms with Crippen LogP contribution in [0, 0.1) is 11.8 Å². The number of aromatic nitrogens is 2. The number of aromatic amines is 1. The number of nitrogens with zero attached hydrogens (tertiary/aromatic N) is 6. The first-order valence-electron chi connectivity index (χ1n) is 45.9. The highest BCUT2D eigenvalue weighted by Crippen LogP contribution is 2.54. The Balaban J connectivity index is 0.000000174. The van der Waals surface area contributed by atoms with Crippen molar-refractivity contribution < 1.29 is 186 Å². The molecule has 11 aliphatic rings. The fourth-order valence-electron chi connectivity index (χ4n) is 16.9. The van der Waals surface area contributed by atoms with Gasteiger partial charge in [0.05, 0.1) is 70.0 Å². The zero-order valence-corrected chi connectivity index (χ0v) is 86.7. The van der Waals surface area contributed by atoms with E-state index in [1.807, 2.05) is 27.6 Å². The second-order valence-corrected chi connectivity index (χ2v) is 40.4. The molecule has 11 aliphatic heterocycles. The van der Waals surface area contributed by atoms with Gasteiger partial charge < -0.3 is 93.1 Å². The van der Waals surface area contributed by atoms with Crippen molar-refractivity contribution in [3.8, 4) is 5.75 Å². The number of rotatable bonds is 23. The topological polar surface area (TPSA) is 606 Å². The van der Waals surface area contributed by atoms with Gasteiger partial charge in [-0.05, 0) is 121 Å². The number of carbonyl (C=O) groups is 13. The number of carbonyl (C=O) groups excluding carboxylic acids is 13. The van der Waals surface area contributed by atoms with Crippen LogP contribution in [0.4, 0.5) is 22.0 Å². The van der Waals surface area contributed by atoms with Gasteiger partial charge in [-0.3, -0.25) is 96.1 Å². The predicted octanol–water partition coefficient (Wildman–Crippen LogP) is 5.32. The smallest absolute Gasteiger partial charge is 0.459 e. The summed E-state index contributed by atoms with van der Waals surface area (Å²) < 4.78 is 148. The number of benzene rings is 4. The number of ketones is 5. The lowest BCUT2D eigenvalue weighted by Gasteiger charge is -2.38. The maximum Gasteiger partial charge on any atom is 0.459 e. The van der Waals surface area contributed by atoms with Crippen molar-refractivity contribution >= 4 is 140 Å². The Bertz CT molecular complexity index is 6080. The molecule has 808 valence electrons. The van der Waals surface area contributed by atoms with Crippen LogP contribution in [0.1, 0.15) is 142 Å². The molecule has 6 fully saturated rings. The van der Waals surface area contributed by atoms with Crippen LogP contribution >= 0.6 is 52.9 Å². The van der Waals surface area contributed by atoms with E-state index in [0.717, 1.165) is 73.6 Å². The Morgan fingerprint density at radius 3 is 1.30 bits per heavy atom. The fraction of sp³-hybridized carbons (Fsp3) is 0.474. The molecule has 0 saturated carbocycles. The lowest BCUT2D eigenvalue weighted by Crippen LogP contribution is -2.54. The first-order chi connectivity index (χ1) is 69.5. The predicted molar refractivity (Wildman–Crippen MR) is 520 cm³/mol. The summed E-state index contributed by atoms with van der Waals surface area (Å²) in [7, 11) is -4.63. The summed E-state index contributed by atoms with van der Waals surface area (Å²) in [6.45, 7) is 17.1. The Morgan fingerprint density at radius 2 is 0.906 bits per heavy atom. The average Bonchev–Trinajstić information content (AvgIpc) is 1.58. The molecule has 12 heterocycles. The highest BCUT2D eigenvalue weighted by Gasteiger charge is 2.69. The normalized spacial score (nSPS) is 34.1. The van der Waals surface area contributed by atoms with Crippen molar-refractivity contribution in [2.45, 2.75) is 252 Å². The fourth-order valence-corrected chi connectivity index (χ4v) is 19.9. The molecule has 4 aromatic carbocycles. The van der Waals surface area contributed by atoms with Crippen LogP contribution in [0.2, 0.25) is 0 Å². The van der Waals surface area contributed by atoms with E-state index in [9.17, 15) is 126 Å². The minimum Gasteiger partial charge on any atom is -0.469 e. The van der Waals surface area contributed by atoms with E-state index in [4.69, 9.17) is 56.8 Å². The molecule has 25 atom stereocenters. The van der Waals surface area contributed by atoms with Gasteiger partial charge in [-0.1, -0.05) is 145 Å². The third-order valence-electron chi connectivity index (χ3n) is 25.9. The van der Waals surface area contributed by atoms with Crippen LogP contribution in [-0.4, -0.2) is 310 Å². The van der Waals surface area contributed by atoms with Crippen LogP contribution in [0.15, 0.2) is 199 Å². The molecule has 6 saturated heterocycles. The van der Waals surface area contributed by atoms with E-state index in [2.05, 4.69) is 11.7 Å². The number of ether oxygens (including phenoxy) is 9. The summed E-state index contributed by atoms with van der Waals surface area (Å²) in [5.74, 6) is -21.0. The minimum absolute atomic E-state index is 0.00176. The summed E-state index contributed by atoms with van der Waals surface area (Å²) in [5, 5.41) is 93.0. The molecular formula is C97H110F5I2N8O36P. The van der Waals surface area contributed by atoms with Gasteiger partial charge in [-0.25, -0.2) is 40.9 Å². The summed E-state index contributed by atoms with van der Waals surface area (Å²) in [4.78, 5) is 184. The molecule has 0 radical (unpaired) electrons. The zero-order valence-electron chi connectivity index (χ0n) is 81.5. The Kier molecular flexibility index (Phi) is 36.8. The van der Waals surface area contributed by atoms with E-state index in [0.29, 0.717) is 21.1 Å². The number of allylic oxidation sites excluding steroid dienone is 5. The summed E-state index contributed by atoms with van der Waals surface area (Å²) >= 11 is 3.54. The van der Waals surface area contributed by atoms with Gasteiger partial charge >= 0.3 is 31.3 Å². The Labute approximate surface area is 873 Å². The van der Waals surface area contributed by atoms with Gasteiger partial charge in [-0.15, -0.1) is 0 Å². The van der Waals surface area contributed by atoms with Crippen molar-refractivity contribution in [3.05, 3.63) is 221 Å². The molecule has 52 heteroatoms. The molecule has 1 aromatic heterocycles. The maximum atomic E-state index is 15.9. The number of aliphatic hydroxyl groups is 9. The van der Waals surface area contributed by atoms with Crippen molar-refractivity contribution in [3.63, 3.8) is 0 Å². The lowest BCUT2D eigenvalue weighted by molar-refractivity contribution is -0.213. The molecule has 1 unspecified atom stereocenters. The largest absolute Gasteiger partial charge is 0.469 e. The first-order valence-corrected chi connectivity index (χ1v) is 50.5. The standard InChI is InChI=1S/C25H29FN3O10P.C20H22FNO5.C19H19FINO5.C11H13FINO5.C11H14FNO6.C11H13NO5/c1-14(2)37-23(33)15(3)28-40(35,39-18-10-6-8-16-7-4-5-9-17(16)18)36-13-25(26)21(32)20(31)22(38-25)29-12-11-19(30)27-24(29)34;1-4-20(21)13(2)19(3,26-17(25)14-8-6-5-7-9-14)18(27-20)22-11-10-15(23)12-16(22)24;1-12-18(2,26-16(25)13-6-4-3-5-7-13)17(27-19(12,20)11-21)22-9-8-14(23)10-15(22)24;1-10(18)8(17)11(12,5-13)19-9(10)14-3-2-6(15)4-7(14)16;1-10(18)8(17)11(12,5-14)19-9(10)13-3-2-6(15)4-7(13)16;1-6-9(15)11(2,16)10(17-6)12-4-3-7(13)5-8(12)14/h4-12,14-15,20-22,31-32H,13H2,1-3H3,(H,28,35)(H,27,30,34);5-11,13,18H,4,12H2,1-3H3;3-9,12,17H,10-11H2,1-2H3;2-3,8-9,17-18H,4-5H2,1H3;2-3,8-9,14,17-18H,4-5H2,1H3;3-4,9-10,15-16H,1,5H2,2H3/t15-,20+,21-,22+,25+,40?;13-,18+,19+,20+;12-,17+,18+,19+;2*8-,9+,10+,11+;9-,10-,11-/m000001/s1. The van der Waals surface area contributed by atoms with Crippen molar-refractivity contribution in [1.82, 2.24) is 39.1 Å². The number of hydrogen-bond acceptors (Lipinski definition) is 36. The number of hydrogen-bond donors (Lipinski definition) is 11. The number of aliphatic hydroxyl groups excluding tert-OH is 6. The van der Waals surface area contributed by atoms with Crippen LogP contribution < -0.4 is 20.9 Å². The van der Waals surface area contributed by atoms with E-state index in [1.165, 1.54) is 63.7 Å². The van der Waals surface area contributed by atoms with Crippen molar-refractivity contribution in [2.75, 3.05) is 22.1 Å².